The Balaban J connectivity index is 0.905. The lowest BCUT2D eigenvalue weighted by atomic mass is 9.33. The first-order chi connectivity index (χ1) is 57.1. The van der Waals surface area contributed by atoms with E-state index in [0.717, 1.165) is 79.1 Å². The molecule has 0 spiro atoms. The van der Waals surface area contributed by atoms with Crippen molar-refractivity contribution in [3.63, 3.8) is 0 Å². The van der Waals surface area contributed by atoms with Crippen LogP contribution in [0, 0.1) is 17.8 Å². The summed E-state index contributed by atoms with van der Waals surface area (Å²) in [6.07, 6.45) is 40.8. The first-order valence-corrected chi connectivity index (χ1v) is 43.3. The van der Waals surface area contributed by atoms with E-state index in [1.165, 1.54) is 160 Å². The van der Waals surface area contributed by atoms with E-state index in [1.54, 1.807) is 0 Å². The highest BCUT2D eigenvalue weighted by Crippen LogP contribution is 2.53. The normalized spacial score (nSPS) is 18.1. The lowest BCUT2D eigenvalue weighted by Gasteiger charge is -2.47. The molecule has 118 heavy (non-hydrogen) atoms. The van der Waals surface area contributed by atoms with Gasteiger partial charge in [-0.1, -0.05) is 296 Å². The molecule has 3 aromatic heterocycles. The van der Waals surface area contributed by atoms with Gasteiger partial charge in [0.25, 0.3) is 6.71 Å². The van der Waals surface area contributed by atoms with Crippen LogP contribution in [0.5, 0.6) is 0 Å². The monoisotopic (exact) mass is 1530 g/mol. The van der Waals surface area contributed by atoms with Gasteiger partial charge < -0.3 is 23.5 Å². The molecule has 7 aliphatic rings. The molecule has 0 saturated heterocycles. The largest absolute Gasteiger partial charge is 0.311 e. The standard InChI is InChI=1S/C112H104BN5/c1-109(2,3)79-50-58-101-93(65-79)94-66-80(110(4,5)6)51-59-102(94)117(101)86-69-105-107-106(70-86)118(108-87(76-36-27-34-74(60-76)71-30-15-13-16-31-71)42-29-43-88(108)77-37-28-35-75(61-77)72-32-17-14-18-33-72)104-68-85(116-99-46-25-21-40-91(99)92-41-22-26-47-100(92)116)55-57-96(104)113(107)95-56-54-84(115-97-44-23-19-38-89(97)90-39-20-24-45-98(90)115)67-103(95)114(105)83-52-48-73(49-53-83)78-62-81(111(7,8)9)64-82(63-78)112(10,11)12/h13-17,19-28,30,32,34-41,43-59,62-71,74,77H,18,29,31,33,42,60-61H2,1-12H3. The van der Waals surface area contributed by atoms with E-state index in [-0.39, 0.29) is 34.3 Å². The summed E-state index contributed by atoms with van der Waals surface area (Å²) in [6, 6.07) is 88.5. The van der Waals surface area contributed by atoms with Crippen LogP contribution in [-0.2, 0) is 21.7 Å². The Morgan fingerprint density at radius 2 is 0.814 bits per heavy atom. The van der Waals surface area contributed by atoms with E-state index in [0.29, 0.717) is 11.8 Å². The molecule has 0 amide bonds. The van der Waals surface area contributed by atoms with Crippen molar-refractivity contribution in [3.05, 3.63) is 365 Å². The van der Waals surface area contributed by atoms with Crippen molar-refractivity contribution < 1.29 is 0 Å². The van der Waals surface area contributed by atoms with Gasteiger partial charge in [0, 0.05) is 78.0 Å². The SMILES string of the molecule is CC(C)(C)c1cc(-c2ccc(N3c4cc(-n5c6ccccc6c6ccccc65)ccc4B4c5ccc(-n6c7ccccc7c7ccccc76)cc5N(C5=C(C6=CC=CC(C7C=CC=CC7)C6)CCC=C5C5C=CC=C(C6=CC=CCC6)C5)c5cc(-n6c7ccc(C(C)(C)C)cc7c7cc(C(C)(C)C)ccc76)cc3c54)cc2)cc(C(C)(C)C)c1. The molecular formula is C112H104BN5. The predicted octanol–water partition coefficient (Wildman–Crippen LogP) is 28.0. The van der Waals surface area contributed by atoms with E-state index in [1.807, 2.05) is 0 Å². The molecular weight excluding hydrogens is 1430 g/mol. The molecule has 0 bridgehead atoms. The second-order valence-corrected chi connectivity index (χ2v) is 38.6. The van der Waals surface area contributed by atoms with Crippen LogP contribution < -0.4 is 26.2 Å². The van der Waals surface area contributed by atoms with Crippen LogP contribution in [0.25, 0.3) is 93.6 Å². The van der Waals surface area contributed by atoms with Crippen molar-refractivity contribution in [2.24, 2.45) is 17.8 Å². The van der Waals surface area contributed by atoms with E-state index in [2.05, 4.69) is 416 Å². The van der Waals surface area contributed by atoms with Crippen LogP contribution in [0.2, 0.25) is 0 Å². The third kappa shape index (κ3) is 12.2. The van der Waals surface area contributed by atoms with Crippen molar-refractivity contribution in [1.29, 1.82) is 0 Å². The number of anilines is 5. The Hall–Kier alpha value is -12.1. The molecule has 0 saturated carbocycles. The van der Waals surface area contributed by atoms with Crippen LogP contribution in [0.15, 0.2) is 343 Å². The lowest BCUT2D eigenvalue weighted by molar-refractivity contribution is 0.468. The van der Waals surface area contributed by atoms with Crippen LogP contribution >= 0.6 is 0 Å². The van der Waals surface area contributed by atoms with E-state index in [4.69, 9.17) is 0 Å². The highest BCUT2D eigenvalue weighted by molar-refractivity contribution is 7.00. The molecule has 5 nitrogen and oxygen atoms in total. The van der Waals surface area contributed by atoms with Gasteiger partial charge >= 0.3 is 0 Å². The average molecular weight is 1530 g/mol. The summed E-state index contributed by atoms with van der Waals surface area (Å²) in [5.41, 5.74) is 36.2. The summed E-state index contributed by atoms with van der Waals surface area (Å²) in [5.74, 6) is 0.837. The van der Waals surface area contributed by atoms with E-state index in [9.17, 15) is 0 Å². The zero-order chi connectivity index (χ0) is 80.4. The molecule has 3 unspecified atom stereocenters. The lowest BCUT2D eigenvalue weighted by Crippen LogP contribution is -2.62. The van der Waals surface area contributed by atoms with Crippen LogP contribution in [-0.4, -0.2) is 20.4 Å². The van der Waals surface area contributed by atoms with Gasteiger partial charge in [0.15, 0.2) is 0 Å². The topological polar surface area (TPSA) is 21.3 Å². The second kappa shape index (κ2) is 27.8. The molecule has 0 N–H and O–H groups in total. The maximum Gasteiger partial charge on any atom is 0.252 e. The van der Waals surface area contributed by atoms with Crippen molar-refractivity contribution in [1.82, 2.24) is 13.7 Å². The van der Waals surface area contributed by atoms with E-state index < -0.39 is 0 Å². The Morgan fingerprint density at radius 1 is 0.331 bits per heavy atom. The van der Waals surface area contributed by atoms with Crippen molar-refractivity contribution >= 4 is 117 Å². The number of hydrogen-bond donors (Lipinski definition) is 0. The first-order valence-electron chi connectivity index (χ1n) is 43.3. The molecule has 580 valence electrons. The Labute approximate surface area is 696 Å². The smallest absolute Gasteiger partial charge is 0.252 e. The third-order valence-electron chi connectivity index (χ3n) is 27.1. The Bertz CT molecular complexity index is 6690. The summed E-state index contributed by atoms with van der Waals surface area (Å²) in [5, 5.41) is 7.52. The number of allylic oxidation sites excluding steroid dienone is 19. The molecule has 2 aliphatic heterocycles. The highest BCUT2D eigenvalue weighted by Gasteiger charge is 2.47. The molecule has 0 radical (unpaired) electrons. The number of hydrogen-bond acceptors (Lipinski definition) is 2. The van der Waals surface area contributed by atoms with Gasteiger partial charge in [-0.3, -0.25) is 0 Å². The third-order valence-corrected chi connectivity index (χ3v) is 27.1. The predicted molar refractivity (Wildman–Crippen MR) is 505 cm³/mol. The van der Waals surface area contributed by atoms with Gasteiger partial charge in [-0.15, -0.1) is 0 Å². The summed E-state index contributed by atoms with van der Waals surface area (Å²) in [7, 11) is 0. The number of rotatable bonds is 10. The second-order valence-electron chi connectivity index (χ2n) is 38.6. The summed E-state index contributed by atoms with van der Waals surface area (Å²) < 4.78 is 7.74. The first kappa shape index (κ1) is 73.5. The number of fused-ring (bicyclic) bond motifs is 13. The molecule has 11 aromatic carbocycles. The number of para-hydroxylation sites is 4. The van der Waals surface area contributed by atoms with E-state index >= 15 is 0 Å². The van der Waals surface area contributed by atoms with Crippen molar-refractivity contribution in [2.75, 3.05) is 9.80 Å². The minimum atomic E-state index is -0.226. The summed E-state index contributed by atoms with van der Waals surface area (Å²) >= 11 is 0. The highest BCUT2D eigenvalue weighted by atomic mass is 15.2. The molecule has 3 atom stereocenters. The number of aromatic nitrogens is 3. The molecule has 21 rings (SSSR count). The molecule has 5 heterocycles. The molecule has 0 fully saturated rings. The zero-order valence-corrected chi connectivity index (χ0v) is 70.4. The van der Waals surface area contributed by atoms with Crippen LogP contribution in [0.3, 0.4) is 0 Å². The van der Waals surface area contributed by atoms with Crippen molar-refractivity contribution in [2.45, 2.75) is 150 Å². The van der Waals surface area contributed by atoms with Gasteiger partial charge in [-0.25, -0.2) is 0 Å². The van der Waals surface area contributed by atoms with Crippen molar-refractivity contribution in [3.8, 4) is 28.2 Å². The summed E-state index contributed by atoms with van der Waals surface area (Å²) in [6.45, 7) is 28.1. The zero-order valence-electron chi connectivity index (χ0n) is 70.4. The quantitative estimate of drug-likeness (QED) is 0.127. The van der Waals surface area contributed by atoms with Gasteiger partial charge in [-0.2, -0.15) is 0 Å². The fourth-order valence-electron chi connectivity index (χ4n) is 20.8. The Kier molecular flexibility index (Phi) is 17.3. The minimum absolute atomic E-state index is 0.0543. The van der Waals surface area contributed by atoms with Gasteiger partial charge in [0.1, 0.15) is 0 Å². The maximum atomic E-state index is 2.88. The maximum absolute atomic E-state index is 2.88. The van der Waals surface area contributed by atoms with Gasteiger partial charge in [0.2, 0.25) is 0 Å². The van der Waals surface area contributed by atoms with Crippen LogP contribution in [0.4, 0.5) is 28.4 Å². The summed E-state index contributed by atoms with van der Waals surface area (Å²) in [4.78, 5) is 5.58. The number of nitrogens with zero attached hydrogens (tertiary/aromatic N) is 5. The molecule has 6 heteroatoms. The number of benzene rings is 11. The average Bonchev–Trinajstić information content (AvgIpc) is 0.827. The fourth-order valence-corrected chi connectivity index (χ4v) is 20.8. The Morgan fingerprint density at radius 3 is 1.35 bits per heavy atom. The molecule has 5 aliphatic carbocycles. The fraction of sp³-hybridized carbons (Fsp3) is 0.232. The minimum Gasteiger partial charge on any atom is -0.311 e. The van der Waals surface area contributed by atoms with Gasteiger partial charge in [0.05, 0.1) is 44.5 Å². The van der Waals surface area contributed by atoms with Gasteiger partial charge in [-0.05, 0) is 253 Å². The molecule has 14 aromatic rings. The van der Waals surface area contributed by atoms with Crippen LogP contribution in [0.1, 0.15) is 150 Å².